The predicted octanol–water partition coefficient (Wildman–Crippen LogP) is 3.76. The first-order valence-electron chi connectivity index (χ1n) is 5.51. The van der Waals surface area contributed by atoms with E-state index < -0.39 is 17.6 Å². The molecule has 0 aliphatic rings. The fourth-order valence-corrected chi connectivity index (χ4v) is 1.73. The number of aromatic carboxylic acids is 1. The molecule has 0 aliphatic carbocycles. The van der Waals surface area contributed by atoms with Crippen LogP contribution in [0.5, 0.6) is 0 Å². The molecule has 0 bridgehead atoms. The van der Waals surface area contributed by atoms with Crippen molar-refractivity contribution in [2.24, 2.45) is 0 Å². The van der Waals surface area contributed by atoms with Crippen molar-refractivity contribution in [2.45, 2.75) is 6.92 Å². The van der Waals surface area contributed by atoms with Crippen LogP contribution in [-0.4, -0.2) is 16.1 Å². The average Bonchev–Trinajstić information content (AvgIpc) is 2.37. The molecule has 0 saturated carbocycles. The maximum absolute atomic E-state index is 13.7. The number of nitrogens with zero attached hydrogens (tertiary/aromatic N) is 1. The van der Waals surface area contributed by atoms with Crippen LogP contribution in [0.2, 0.25) is 5.02 Å². The number of aromatic nitrogens is 1. The normalized spacial score (nSPS) is 10.4. The summed E-state index contributed by atoms with van der Waals surface area (Å²) < 4.78 is 27.0. The summed E-state index contributed by atoms with van der Waals surface area (Å²) in [6.45, 7) is 1.44. The molecule has 0 aliphatic heterocycles. The number of carboxylic acids is 1. The number of anilines is 2. The molecule has 0 radical (unpaired) electrons. The number of carboxylic acid groups (broad SMARTS) is 1. The molecule has 20 heavy (non-hydrogen) atoms. The quantitative estimate of drug-likeness (QED) is 0.905. The van der Waals surface area contributed by atoms with Crippen LogP contribution < -0.4 is 5.32 Å². The van der Waals surface area contributed by atoms with Gasteiger partial charge in [-0.15, -0.1) is 0 Å². The Morgan fingerprint density at radius 3 is 2.65 bits per heavy atom. The molecule has 7 heteroatoms. The van der Waals surface area contributed by atoms with Gasteiger partial charge in [-0.05, 0) is 30.7 Å². The zero-order chi connectivity index (χ0) is 14.9. The van der Waals surface area contributed by atoms with Crippen molar-refractivity contribution in [1.29, 1.82) is 0 Å². The van der Waals surface area contributed by atoms with Crippen LogP contribution in [0.3, 0.4) is 0 Å². The molecule has 0 spiro atoms. The van der Waals surface area contributed by atoms with Gasteiger partial charge < -0.3 is 10.4 Å². The molecule has 1 aromatic carbocycles. The molecular weight excluding hydrogens is 290 g/mol. The Balaban J connectivity index is 2.38. The lowest BCUT2D eigenvalue weighted by molar-refractivity contribution is 0.0691. The second-order valence-electron chi connectivity index (χ2n) is 4.04. The topological polar surface area (TPSA) is 62.2 Å². The van der Waals surface area contributed by atoms with E-state index in [2.05, 4.69) is 10.3 Å². The minimum absolute atomic E-state index is 0.0430. The summed E-state index contributed by atoms with van der Waals surface area (Å²) >= 11 is 5.67. The van der Waals surface area contributed by atoms with Gasteiger partial charge in [0.1, 0.15) is 17.5 Å². The van der Waals surface area contributed by atoms with Crippen LogP contribution in [0.25, 0.3) is 0 Å². The van der Waals surface area contributed by atoms with Crippen LogP contribution in [0, 0.1) is 18.6 Å². The number of pyridine rings is 1. The van der Waals surface area contributed by atoms with Crippen LogP contribution in [0.4, 0.5) is 20.3 Å². The Labute approximate surface area is 118 Å². The van der Waals surface area contributed by atoms with E-state index in [1.807, 2.05) is 0 Å². The third-order valence-corrected chi connectivity index (χ3v) is 2.86. The highest BCUT2D eigenvalue weighted by molar-refractivity contribution is 6.33. The van der Waals surface area contributed by atoms with Gasteiger partial charge in [0.25, 0.3) is 0 Å². The van der Waals surface area contributed by atoms with Crippen LogP contribution >= 0.6 is 11.6 Å². The number of carbonyl (C=O) groups is 1. The van der Waals surface area contributed by atoms with E-state index >= 15 is 0 Å². The standard InChI is InChI=1S/C13H9ClF2N2O2/c1-6-4-9(16)10(5-8(6)15)17-11-3-2-7(14)12(18-11)13(19)20/h2-5H,1H3,(H,17,18)(H,19,20). The van der Waals surface area contributed by atoms with Gasteiger partial charge in [-0.3, -0.25) is 0 Å². The lowest BCUT2D eigenvalue weighted by Gasteiger charge is -2.09. The zero-order valence-corrected chi connectivity index (χ0v) is 11.0. The first-order chi connectivity index (χ1) is 9.38. The third-order valence-electron chi connectivity index (χ3n) is 2.56. The molecule has 2 rings (SSSR count). The fourth-order valence-electron chi connectivity index (χ4n) is 1.54. The van der Waals surface area contributed by atoms with Crippen molar-refractivity contribution in [2.75, 3.05) is 5.32 Å². The maximum atomic E-state index is 13.7. The second kappa shape index (κ2) is 5.42. The van der Waals surface area contributed by atoms with Gasteiger partial charge in [0, 0.05) is 6.07 Å². The first-order valence-corrected chi connectivity index (χ1v) is 5.89. The van der Waals surface area contributed by atoms with Crippen molar-refractivity contribution in [3.63, 3.8) is 0 Å². The molecule has 2 N–H and O–H groups in total. The minimum atomic E-state index is -1.31. The van der Waals surface area contributed by atoms with Crippen molar-refractivity contribution < 1.29 is 18.7 Å². The molecule has 2 aromatic rings. The summed E-state index contributed by atoms with van der Waals surface area (Å²) in [6.07, 6.45) is 0. The second-order valence-corrected chi connectivity index (χ2v) is 4.45. The highest BCUT2D eigenvalue weighted by Crippen LogP contribution is 2.24. The Morgan fingerprint density at radius 1 is 1.30 bits per heavy atom. The predicted molar refractivity (Wildman–Crippen MR) is 70.6 cm³/mol. The van der Waals surface area contributed by atoms with Gasteiger partial charge in [-0.1, -0.05) is 11.6 Å². The van der Waals surface area contributed by atoms with E-state index in [0.717, 1.165) is 12.1 Å². The summed E-state index contributed by atoms with van der Waals surface area (Å²) in [6, 6.07) is 4.68. The lowest BCUT2D eigenvalue weighted by Crippen LogP contribution is -2.05. The van der Waals surface area contributed by atoms with Crippen LogP contribution in [-0.2, 0) is 0 Å². The van der Waals surface area contributed by atoms with Crippen LogP contribution in [0.1, 0.15) is 16.1 Å². The Hall–Kier alpha value is -2.21. The number of aryl methyl sites for hydroxylation is 1. The van der Waals surface area contributed by atoms with Gasteiger partial charge in [-0.25, -0.2) is 18.6 Å². The first kappa shape index (κ1) is 14.2. The molecule has 0 fully saturated rings. The number of hydrogen-bond acceptors (Lipinski definition) is 3. The number of hydrogen-bond donors (Lipinski definition) is 2. The van der Waals surface area contributed by atoms with E-state index in [9.17, 15) is 13.6 Å². The van der Waals surface area contributed by atoms with Crippen molar-refractivity contribution in [1.82, 2.24) is 4.98 Å². The van der Waals surface area contributed by atoms with Crippen molar-refractivity contribution in [3.8, 4) is 0 Å². The van der Waals surface area contributed by atoms with Crippen LogP contribution in [0.15, 0.2) is 24.3 Å². The Kier molecular flexibility index (Phi) is 3.85. The largest absolute Gasteiger partial charge is 0.476 e. The maximum Gasteiger partial charge on any atom is 0.356 e. The highest BCUT2D eigenvalue weighted by Gasteiger charge is 2.13. The zero-order valence-electron chi connectivity index (χ0n) is 10.2. The SMILES string of the molecule is Cc1cc(F)c(Nc2ccc(Cl)c(C(=O)O)n2)cc1F. The number of nitrogens with one attached hydrogen (secondary N) is 1. The molecule has 0 amide bonds. The van der Waals surface area contributed by atoms with E-state index in [1.165, 1.54) is 19.1 Å². The summed E-state index contributed by atoms with van der Waals surface area (Å²) in [7, 11) is 0. The molecule has 4 nitrogen and oxygen atoms in total. The molecule has 1 aromatic heterocycles. The van der Waals surface area contributed by atoms with Crippen molar-refractivity contribution >= 4 is 29.1 Å². The van der Waals surface area contributed by atoms with Gasteiger partial charge in [0.2, 0.25) is 0 Å². The summed E-state index contributed by atoms with van der Waals surface area (Å²) in [5.41, 5.74) is -0.341. The molecular formula is C13H9ClF2N2O2. The molecule has 0 unspecified atom stereocenters. The smallest absolute Gasteiger partial charge is 0.356 e. The van der Waals surface area contributed by atoms with Gasteiger partial charge in [-0.2, -0.15) is 0 Å². The van der Waals surface area contributed by atoms with E-state index in [-0.39, 0.29) is 27.8 Å². The summed E-state index contributed by atoms with van der Waals surface area (Å²) in [4.78, 5) is 14.6. The highest BCUT2D eigenvalue weighted by atomic mass is 35.5. The molecule has 104 valence electrons. The van der Waals surface area contributed by atoms with E-state index in [4.69, 9.17) is 16.7 Å². The lowest BCUT2D eigenvalue weighted by atomic mass is 10.2. The van der Waals surface area contributed by atoms with E-state index in [1.54, 1.807) is 0 Å². The van der Waals surface area contributed by atoms with Crippen molar-refractivity contribution in [3.05, 3.63) is 52.2 Å². The average molecular weight is 299 g/mol. The minimum Gasteiger partial charge on any atom is -0.476 e. The van der Waals surface area contributed by atoms with Gasteiger partial charge >= 0.3 is 5.97 Å². The van der Waals surface area contributed by atoms with Gasteiger partial charge in [0.15, 0.2) is 5.69 Å². The summed E-state index contributed by atoms with van der Waals surface area (Å²) in [5, 5.41) is 11.4. The fraction of sp³-hybridized carbons (Fsp3) is 0.0769. The molecule has 0 saturated heterocycles. The van der Waals surface area contributed by atoms with E-state index in [0.29, 0.717) is 0 Å². The monoisotopic (exact) mass is 298 g/mol. The molecule has 0 atom stereocenters. The third kappa shape index (κ3) is 2.85. The number of halogens is 3. The Morgan fingerprint density at radius 2 is 2.00 bits per heavy atom. The Bertz CT molecular complexity index is 692. The van der Waals surface area contributed by atoms with Gasteiger partial charge in [0.05, 0.1) is 10.7 Å². The number of benzene rings is 1. The molecule has 1 heterocycles. The summed E-state index contributed by atoms with van der Waals surface area (Å²) in [5.74, 6) is -2.51. The number of rotatable bonds is 3.